The van der Waals surface area contributed by atoms with Gasteiger partial charge >= 0.3 is 5.97 Å². The van der Waals surface area contributed by atoms with Crippen molar-refractivity contribution in [1.29, 1.82) is 0 Å². The molecule has 0 aliphatic carbocycles. The highest BCUT2D eigenvalue weighted by Crippen LogP contribution is 2.35. The Bertz CT molecular complexity index is 683. The number of carbonyl (C=O) groups is 1. The average molecular weight is 463 g/mol. The second-order valence-corrected chi connectivity index (χ2v) is 9.52. The molecule has 1 rings (SSSR count). The van der Waals surface area contributed by atoms with Crippen LogP contribution < -0.4 is 5.73 Å². The third kappa shape index (κ3) is 6.32. The molecule has 0 bridgehead atoms. The molecule has 0 spiro atoms. The molecule has 0 heterocycles. The van der Waals surface area contributed by atoms with Crippen LogP contribution >= 0.6 is 40.0 Å². The Kier molecular flexibility index (Phi) is 9.19. The SMILES string of the molecule is CC(C)(SCCCC(C)(C(=O)O)c1cccc(Br)c1)C(C=NSF)=CN. The number of halogens is 2. The maximum Gasteiger partial charge on any atom is 0.313 e. The maximum absolute atomic E-state index is 12.2. The van der Waals surface area contributed by atoms with Crippen LogP contribution in [0.3, 0.4) is 0 Å². The minimum absolute atomic E-state index is 0.110. The fraction of sp³-hybridized carbons (Fsp3) is 0.444. The summed E-state index contributed by atoms with van der Waals surface area (Å²) in [5.74, 6) is -0.0906. The molecular formula is C18H24BrFN2O2S2. The van der Waals surface area contributed by atoms with Gasteiger partial charge in [-0.2, -0.15) is 16.2 Å². The Balaban J connectivity index is 2.75. The number of nitrogens with zero attached hydrogens (tertiary/aromatic N) is 1. The Labute approximate surface area is 171 Å². The lowest BCUT2D eigenvalue weighted by Gasteiger charge is -2.28. The molecule has 0 saturated carbocycles. The molecule has 144 valence electrons. The number of thioether (sulfide) groups is 1. The molecule has 8 heteroatoms. The van der Waals surface area contributed by atoms with E-state index in [0.717, 1.165) is 27.8 Å². The minimum Gasteiger partial charge on any atom is -0.481 e. The number of benzene rings is 1. The van der Waals surface area contributed by atoms with Crippen LogP contribution in [0.5, 0.6) is 0 Å². The standard InChI is InChI=1S/C18H24BrFN2O2S2/c1-17(2,14(11-21)12-22-26-20)25-9-5-8-18(3,16(23)24)13-6-4-7-15(19)10-13/h4,6-7,10-12H,5,8-9,21H2,1-3H3,(H,23,24). The van der Waals surface area contributed by atoms with Gasteiger partial charge in [0.1, 0.15) is 0 Å². The van der Waals surface area contributed by atoms with Gasteiger partial charge in [-0.25, -0.2) is 0 Å². The van der Waals surface area contributed by atoms with Crippen LogP contribution in [0, 0.1) is 0 Å². The van der Waals surface area contributed by atoms with Gasteiger partial charge in [-0.15, -0.1) is 3.89 Å². The zero-order valence-electron chi connectivity index (χ0n) is 15.0. The van der Waals surface area contributed by atoms with Gasteiger partial charge in [0.05, 0.1) is 5.41 Å². The Morgan fingerprint density at radius 2 is 2.12 bits per heavy atom. The molecular weight excluding hydrogens is 439 g/mol. The summed E-state index contributed by atoms with van der Waals surface area (Å²) in [7, 11) is 0. The number of nitrogens with two attached hydrogens (primary N) is 1. The number of aliphatic carboxylic acids is 1. The van der Waals surface area contributed by atoms with Crippen LogP contribution in [-0.4, -0.2) is 27.8 Å². The number of hydrogen-bond donors (Lipinski definition) is 2. The van der Waals surface area contributed by atoms with Crippen LogP contribution in [0.2, 0.25) is 0 Å². The summed E-state index contributed by atoms with van der Waals surface area (Å²) in [5.41, 5.74) is 6.17. The quantitative estimate of drug-likeness (QED) is 0.271. The van der Waals surface area contributed by atoms with Crippen molar-refractivity contribution in [1.82, 2.24) is 0 Å². The van der Waals surface area contributed by atoms with Crippen LogP contribution in [-0.2, 0) is 10.2 Å². The van der Waals surface area contributed by atoms with E-state index < -0.39 is 11.4 Å². The normalized spacial score (nSPS) is 15.2. The van der Waals surface area contributed by atoms with E-state index >= 15 is 0 Å². The van der Waals surface area contributed by atoms with Gasteiger partial charge in [0, 0.05) is 27.2 Å². The van der Waals surface area contributed by atoms with Crippen molar-refractivity contribution < 1.29 is 13.8 Å². The van der Waals surface area contributed by atoms with E-state index in [0.29, 0.717) is 6.42 Å². The van der Waals surface area contributed by atoms with Crippen molar-refractivity contribution >= 4 is 52.2 Å². The largest absolute Gasteiger partial charge is 0.481 e. The molecule has 0 amide bonds. The van der Waals surface area contributed by atoms with Gasteiger partial charge in [0.2, 0.25) is 0 Å². The van der Waals surface area contributed by atoms with Gasteiger partial charge in [0.25, 0.3) is 0 Å². The second kappa shape index (κ2) is 10.4. The van der Waals surface area contributed by atoms with E-state index in [-0.39, 0.29) is 17.1 Å². The smallest absolute Gasteiger partial charge is 0.313 e. The van der Waals surface area contributed by atoms with Crippen LogP contribution in [0.15, 0.2) is 44.9 Å². The molecule has 4 nitrogen and oxygen atoms in total. The molecule has 0 fully saturated rings. The van der Waals surface area contributed by atoms with Gasteiger partial charge in [-0.05, 0) is 57.1 Å². The minimum atomic E-state index is -0.951. The van der Waals surface area contributed by atoms with Crippen molar-refractivity contribution in [3.8, 4) is 0 Å². The topological polar surface area (TPSA) is 75.7 Å². The summed E-state index contributed by atoms with van der Waals surface area (Å²) in [6.07, 6.45) is 4.07. The molecule has 1 unspecified atom stereocenters. The lowest BCUT2D eigenvalue weighted by atomic mass is 9.79. The molecule has 1 atom stereocenters. The fourth-order valence-corrected chi connectivity index (χ4v) is 4.16. The summed E-state index contributed by atoms with van der Waals surface area (Å²) in [6.45, 7) is 5.72. The molecule has 0 radical (unpaired) electrons. The van der Waals surface area contributed by atoms with Gasteiger partial charge < -0.3 is 10.8 Å². The van der Waals surface area contributed by atoms with Crippen LogP contribution in [0.1, 0.15) is 39.2 Å². The first-order chi connectivity index (χ1) is 12.2. The zero-order chi connectivity index (χ0) is 19.8. The predicted molar refractivity (Wildman–Crippen MR) is 114 cm³/mol. The molecule has 0 aliphatic heterocycles. The van der Waals surface area contributed by atoms with Crippen molar-refractivity contribution in [2.24, 2.45) is 10.1 Å². The Hall–Kier alpha value is -0.990. The summed E-state index contributed by atoms with van der Waals surface area (Å²) in [6, 6.07) is 7.42. The van der Waals surface area contributed by atoms with Gasteiger partial charge in [0.15, 0.2) is 12.3 Å². The monoisotopic (exact) mass is 462 g/mol. The van der Waals surface area contributed by atoms with E-state index in [1.165, 1.54) is 12.4 Å². The molecule has 0 aliphatic rings. The Morgan fingerprint density at radius 1 is 1.42 bits per heavy atom. The first kappa shape index (κ1) is 23.0. The lowest BCUT2D eigenvalue weighted by molar-refractivity contribution is -0.143. The van der Waals surface area contributed by atoms with E-state index in [9.17, 15) is 13.8 Å². The summed E-state index contributed by atoms with van der Waals surface area (Å²) >= 11 is 4.93. The van der Waals surface area contributed by atoms with Crippen molar-refractivity contribution in [2.45, 2.75) is 43.8 Å². The first-order valence-corrected chi connectivity index (χ1v) is 10.5. The van der Waals surface area contributed by atoms with E-state index in [4.69, 9.17) is 5.73 Å². The molecule has 0 aromatic heterocycles. The summed E-state index contributed by atoms with van der Waals surface area (Å²) in [5, 5.41) is 9.76. The number of rotatable bonds is 10. The molecule has 0 saturated heterocycles. The molecule has 3 N–H and O–H groups in total. The number of hydrogen-bond acceptors (Lipinski definition) is 5. The zero-order valence-corrected chi connectivity index (χ0v) is 18.3. The summed E-state index contributed by atoms with van der Waals surface area (Å²) in [4.78, 5) is 11.9. The van der Waals surface area contributed by atoms with E-state index in [1.807, 2.05) is 38.1 Å². The third-order valence-corrected chi connectivity index (χ3v) is 6.45. The molecule has 26 heavy (non-hydrogen) atoms. The van der Waals surface area contributed by atoms with E-state index in [1.54, 1.807) is 18.7 Å². The van der Waals surface area contributed by atoms with Crippen molar-refractivity contribution in [2.75, 3.05) is 5.75 Å². The first-order valence-electron chi connectivity index (χ1n) is 8.04. The highest BCUT2D eigenvalue weighted by atomic mass is 79.9. The molecule has 1 aromatic carbocycles. The van der Waals surface area contributed by atoms with Gasteiger partial charge in [-0.1, -0.05) is 28.1 Å². The predicted octanol–water partition coefficient (Wildman–Crippen LogP) is 5.53. The number of carboxylic acids is 1. The highest BCUT2D eigenvalue weighted by molar-refractivity contribution is 9.10. The third-order valence-electron chi connectivity index (χ3n) is 4.32. The fourth-order valence-electron chi connectivity index (χ4n) is 2.52. The Morgan fingerprint density at radius 3 is 2.65 bits per heavy atom. The lowest BCUT2D eigenvalue weighted by Crippen LogP contribution is -2.32. The highest BCUT2D eigenvalue weighted by Gasteiger charge is 2.35. The van der Waals surface area contributed by atoms with Crippen LogP contribution in [0.25, 0.3) is 0 Å². The number of carboxylic acid groups (broad SMARTS) is 1. The second-order valence-electron chi connectivity index (χ2n) is 6.54. The van der Waals surface area contributed by atoms with E-state index in [2.05, 4.69) is 20.3 Å². The van der Waals surface area contributed by atoms with Crippen molar-refractivity contribution in [3.63, 3.8) is 0 Å². The van der Waals surface area contributed by atoms with Crippen molar-refractivity contribution in [3.05, 3.63) is 46.1 Å². The average Bonchev–Trinajstić information content (AvgIpc) is 2.58. The van der Waals surface area contributed by atoms with Gasteiger partial charge in [-0.3, -0.25) is 4.79 Å². The molecule has 1 aromatic rings. The van der Waals surface area contributed by atoms with Crippen LogP contribution in [0.4, 0.5) is 3.89 Å². The maximum atomic E-state index is 12.2. The summed E-state index contributed by atoms with van der Waals surface area (Å²) < 4.78 is 16.2.